The van der Waals surface area contributed by atoms with Crippen molar-refractivity contribution in [3.8, 4) is 17.6 Å². The highest BCUT2D eigenvalue weighted by molar-refractivity contribution is 6.32. The molecule has 3 heterocycles. The number of pyridine rings is 2. The number of aromatic nitrogens is 2. The number of methoxy groups -OCH3 is 1. The average Bonchev–Trinajstić information content (AvgIpc) is 2.88. The van der Waals surface area contributed by atoms with Gasteiger partial charge in [-0.2, -0.15) is 0 Å². The van der Waals surface area contributed by atoms with Gasteiger partial charge in [-0.05, 0) is 74.5 Å². The number of hydrogen-bond donors (Lipinski definition) is 1. The molecule has 1 atom stereocenters. The summed E-state index contributed by atoms with van der Waals surface area (Å²) in [4.78, 5) is 10.7. The third-order valence-corrected chi connectivity index (χ3v) is 7.06. The number of fused-ring (bicyclic) bond motifs is 1. The van der Waals surface area contributed by atoms with Crippen molar-refractivity contribution >= 4 is 22.5 Å². The van der Waals surface area contributed by atoms with Crippen molar-refractivity contribution in [3.05, 3.63) is 65.1 Å². The molecule has 0 radical (unpaired) electrons. The number of halogens is 2. The van der Waals surface area contributed by atoms with Gasteiger partial charge in [-0.25, -0.2) is 4.39 Å². The molecule has 1 aromatic carbocycles. The highest BCUT2D eigenvalue weighted by atomic mass is 35.5. The zero-order chi connectivity index (χ0) is 24.0. The number of hydrogen-bond acceptors (Lipinski definition) is 5. The summed E-state index contributed by atoms with van der Waals surface area (Å²) in [6, 6.07) is 9.20. The topological polar surface area (TPSA) is 58.5 Å². The monoisotopic (exact) mass is 481 g/mol. The number of aliphatic hydroxyl groups excluding tert-OH is 1. The van der Waals surface area contributed by atoms with Gasteiger partial charge in [0, 0.05) is 41.7 Å². The molecular formula is C27H29ClFN3O2. The van der Waals surface area contributed by atoms with Crippen LogP contribution >= 0.6 is 11.6 Å². The van der Waals surface area contributed by atoms with Crippen LogP contribution in [0, 0.1) is 17.3 Å². The van der Waals surface area contributed by atoms with E-state index in [1.807, 2.05) is 18.2 Å². The Balaban J connectivity index is 1.38. The van der Waals surface area contributed by atoms with E-state index in [0.717, 1.165) is 31.5 Å². The molecule has 7 heteroatoms. The lowest BCUT2D eigenvalue weighted by Crippen LogP contribution is -2.42. The number of alkyl halides is 1. The van der Waals surface area contributed by atoms with Crippen LogP contribution < -0.4 is 4.74 Å². The fraction of sp³-hybridized carbons (Fsp3) is 0.407. The van der Waals surface area contributed by atoms with Gasteiger partial charge >= 0.3 is 0 Å². The molecule has 1 fully saturated rings. The number of piperidine rings is 1. The van der Waals surface area contributed by atoms with Gasteiger partial charge in [-0.1, -0.05) is 23.4 Å². The van der Waals surface area contributed by atoms with Gasteiger partial charge in [-0.3, -0.25) is 14.9 Å². The lowest BCUT2D eigenvalue weighted by Gasteiger charge is -2.40. The third-order valence-electron chi connectivity index (χ3n) is 6.76. The lowest BCUT2D eigenvalue weighted by atomic mass is 9.74. The molecule has 0 amide bonds. The molecule has 0 bridgehead atoms. The van der Waals surface area contributed by atoms with Crippen molar-refractivity contribution in [2.75, 3.05) is 33.4 Å². The van der Waals surface area contributed by atoms with E-state index in [1.165, 1.54) is 6.20 Å². The number of aliphatic hydroxyl groups is 1. The summed E-state index contributed by atoms with van der Waals surface area (Å²) in [5.74, 6) is 6.97. The van der Waals surface area contributed by atoms with Crippen molar-refractivity contribution in [1.82, 2.24) is 14.9 Å². The second-order valence-electron chi connectivity index (χ2n) is 8.89. The van der Waals surface area contributed by atoms with Crippen LogP contribution in [0.1, 0.15) is 43.0 Å². The second-order valence-corrected chi connectivity index (χ2v) is 9.29. The summed E-state index contributed by atoms with van der Waals surface area (Å²) in [5, 5.41) is 11.2. The van der Waals surface area contributed by atoms with Gasteiger partial charge in [0.2, 0.25) is 0 Å². The zero-order valence-corrected chi connectivity index (χ0v) is 20.1. The van der Waals surface area contributed by atoms with E-state index in [2.05, 4.69) is 26.7 Å². The first-order valence-electron chi connectivity index (χ1n) is 11.5. The molecule has 5 nitrogen and oxygen atoms in total. The van der Waals surface area contributed by atoms with E-state index in [9.17, 15) is 5.11 Å². The van der Waals surface area contributed by atoms with Crippen LogP contribution in [0.4, 0.5) is 4.39 Å². The van der Waals surface area contributed by atoms with E-state index in [0.29, 0.717) is 40.2 Å². The Morgan fingerprint density at radius 3 is 2.79 bits per heavy atom. The van der Waals surface area contributed by atoms with Crippen molar-refractivity contribution in [3.63, 3.8) is 0 Å². The van der Waals surface area contributed by atoms with Crippen molar-refractivity contribution in [2.24, 2.45) is 5.41 Å². The van der Waals surface area contributed by atoms with Gasteiger partial charge in [-0.15, -0.1) is 0 Å². The number of ether oxygens (including phenoxy) is 1. The van der Waals surface area contributed by atoms with E-state index < -0.39 is 6.17 Å². The summed E-state index contributed by atoms with van der Waals surface area (Å²) in [7, 11) is 1.58. The fourth-order valence-electron chi connectivity index (χ4n) is 4.55. The van der Waals surface area contributed by atoms with E-state index in [-0.39, 0.29) is 18.4 Å². The highest BCUT2D eigenvalue weighted by Gasteiger charge is 2.35. The van der Waals surface area contributed by atoms with Gasteiger partial charge in [0.05, 0.1) is 24.2 Å². The number of rotatable bonds is 7. The summed E-state index contributed by atoms with van der Waals surface area (Å²) in [6.07, 6.45) is 6.23. The predicted molar refractivity (Wildman–Crippen MR) is 133 cm³/mol. The second kappa shape index (κ2) is 11.1. The SMILES string of the molecule is COc1ccc2ncc(Cl)c(C(F)CCC3(CO)CCN(CC#Cc4cccnc4)CC3)c2c1. The molecule has 34 heavy (non-hydrogen) atoms. The van der Waals surface area contributed by atoms with Crippen LogP contribution in [0.15, 0.2) is 48.9 Å². The van der Waals surface area contributed by atoms with Crippen molar-refractivity contribution in [2.45, 2.75) is 31.9 Å². The maximum atomic E-state index is 15.6. The molecule has 0 saturated carbocycles. The Morgan fingerprint density at radius 2 is 2.09 bits per heavy atom. The molecule has 1 N–H and O–H groups in total. The largest absolute Gasteiger partial charge is 0.497 e. The smallest absolute Gasteiger partial charge is 0.127 e. The molecule has 2 aromatic heterocycles. The summed E-state index contributed by atoms with van der Waals surface area (Å²) in [6.45, 7) is 2.38. The Bertz CT molecular complexity index is 1170. The third kappa shape index (κ3) is 5.67. The highest BCUT2D eigenvalue weighted by Crippen LogP contribution is 2.41. The maximum absolute atomic E-state index is 15.6. The van der Waals surface area contributed by atoms with Gasteiger partial charge in [0.1, 0.15) is 11.9 Å². The molecule has 1 unspecified atom stereocenters. The molecule has 1 saturated heterocycles. The van der Waals surface area contributed by atoms with E-state index >= 15 is 4.39 Å². The minimum atomic E-state index is -1.25. The zero-order valence-electron chi connectivity index (χ0n) is 19.3. The quantitative estimate of drug-likeness (QED) is 0.469. The standard InChI is InChI=1S/C27H29ClFN3O2/c1-34-21-6-7-25-22(16-21)26(23(28)18-31-25)24(29)8-9-27(19-33)10-14-32(15-11-27)13-3-5-20-4-2-12-30-17-20/h2,4,6-7,12,16-18,24,33H,8-11,13-15,19H2,1H3. The van der Waals surface area contributed by atoms with Crippen molar-refractivity contribution in [1.29, 1.82) is 0 Å². The predicted octanol–water partition coefficient (Wildman–Crippen LogP) is 5.21. The van der Waals surface area contributed by atoms with Crippen LogP contribution in [-0.2, 0) is 0 Å². The normalized spacial score (nSPS) is 16.6. The average molecular weight is 482 g/mol. The van der Waals surface area contributed by atoms with Crippen molar-refractivity contribution < 1.29 is 14.2 Å². The van der Waals surface area contributed by atoms with Gasteiger partial charge < -0.3 is 9.84 Å². The first-order valence-corrected chi connectivity index (χ1v) is 11.9. The summed E-state index contributed by atoms with van der Waals surface area (Å²) in [5.41, 5.74) is 1.74. The molecule has 3 aromatic rings. The van der Waals surface area contributed by atoms with Crippen LogP contribution in [0.25, 0.3) is 10.9 Å². The van der Waals surface area contributed by atoms with Crippen LogP contribution in [-0.4, -0.2) is 53.3 Å². The Kier molecular flexibility index (Phi) is 7.99. The molecule has 4 rings (SSSR count). The lowest BCUT2D eigenvalue weighted by molar-refractivity contribution is 0.0344. The maximum Gasteiger partial charge on any atom is 0.127 e. The number of benzene rings is 1. The number of likely N-dealkylation sites (tertiary alicyclic amines) is 1. The molecular weight excluding hydrogens is 453 g/mol. The van der Waals surface area contributed by atoms with E-state index in [4.69, 9.17) is 16.3 Å². The van der Waals surface area contributed by atoms with Gasteiger partial charge in [0.25, 0.3) is 0 Å². The van der Waals surface area contributed by atoms with Crippen LogP contribution in [0.2, 0.25) is 5.02 Å². The molecule has 178 valence electrons. The van der Waals surface area contributed by atoms with Crippen LogP contribution in [0.5, 0.6) is 5.75 Å². The molecule has 0 aliphatic carbocycles. The first-order chi connectivity index (χ1) is 16.5. The molecule has 1 aliphatic heterocycles. The Morgan fingerprint density at radius 1 is 1.26 bits per heavy atom. The first kappa shape index (κ1) is 24.4. The molecule has 0 spiro atoms. The Labute approximate surface area is 204 Å². The minimum Gasteiger partial charge on any atom is -0.497 e. The van der Waals surface area contributed by atoms with Gasteiger partial charge in [0.15, 0.2) is 0 Å². The minimum absolute atomic E-state index is 0.0492. The molecule has 1 aliphatic rings. The van der Waals surface area contributed by atoms with E-state index in [1.54, 1.807) is 31.6 Å². The summed E-state index contributed by atoms with van der Waals surface area (Å²) < 4.78 is 20.9. The van der Waals surface area contributed by atoms with Crippen LogP contribution in [0.3, 0.4) is 0 Å². The Hall–Kier alpha value is -2.72. The number of nitrogens with zero attached hydrogens (tertiary/aromatic N) is 3. The fourth-order valence-corrected chi connectivity index (χ4v) is 4.82. The summed E-state index contributed by atoms with van der Waals surface area (Å²) >= 11 is 6.38.